The van der Waals surface area contributed by atoms with Crippen molar-refractivity contribution in [2.24, 2.45) is 5.92 Å². The highest BCUT2D eigenvalue weighted by molar-refractivity contribution is 5.99. The number of hydrogen-bond acceptors (Lipinski definition) is 5. The van der Waals surface area contributed by atoms with E-state index in [-0.39, 0.29) is 5.57 Å². The largest absolute Gasteiger partial charge is 0.497 e. The van der Waals surface area contributed by atoms with Gasteiger partial charge in [0.2, 0.25) is 0 Å². The number of esters is 1. The number of nitrogens with one attached hydrogen (secondary N) is 1. The number of nitriles is 1. The number of nitrogens with zero attached hydrogens (tertiary/aromatic N) is 2. The van der Waals surface area contributed by atoms with Crippen LogP contribution in [0.4, 0.5) is 0 Å². The van der Waals surface area contributed by atoms with Crippen LogP contribution < -0.4 is 10.1 Å². The van der Waals surface area contributed by atoms with Gasteiger partial charge >= 0.3 is 5.97 Å². The molecule has 0 bridgehead atoms. The molecule has 0 fully saturated rings. The monoisotopic (exact) mass is 423 g/mol. The van der Waals surface area contributed by atoms with Crippen LogP contribution in [0.2, 0.25) is 0 Å². The van der Waals surface area contributed by atoms with Crippen molar-refractivity contribution >= 4 is 18.0 Å². The minimum Gasteiger partial charge on any atom is -0.497 e. The number of aryl methyl sites for hydroxylation is 1. The molecule has 1 aromatic heterocycles. The smallest absolute Gasteiger partial charge is 0.349 e. The quantitative estimate of drug-likeness (QED) is 0.378. The Morgan fingerprint density at radius 3 is 2.48 bits per heavy atom. The molecule has 7 heteroatoms. The van der Waals surface area contributed by atoms with E-state index in [1.807, 2.05) is 38.1 Å². The van der Waals surface area contributed by atoms with E-state index in [1.54, 1.807) is 19.2 Å². The standard InChI is InChI=1S/C24H29N3O4/c1-16(2)14-27-17(3)10-20(18(27)4)11-21(12-25)24(29)31-15-23(28)26-13-19-6-8-22(30-5)9-7-19/h6-11,16H,13-15H2,1-5H3,(H,26,28)/b21-11+. The van der Waals surface area contributed by atoms with Gasteiger partial charge in [0.1, 0.15) is 17.4 Å². The number of rotatable bonds is 9. The maximum Gasteiger partial charge on any atom is 0.349 e. The van der Waals surface area contributed by atoms with E-state index in [0.717, 1.165) is 34.8 Å². The van der Waals surface area contributed by atoms with Gasteiger partial charge in [0.25, 0.3) is 5.91 Å². The van der Waals surface area contributed by atoms with Gasteiger partial charge in [-0.15, -0.1) is 0 Å². The lowest BCUT2D eigenvalue weighted by Gasteiger charge is -2.12. The van der Waals surface area contributed by atoms with E-state index in [1.165, 1.54) is 6.08 Å². The predicted octanol–water partition coefficient (Wildman–Crippen LogP) is 3.54. The Kier molecular flexibility index (Phi) is 8.44. The van der Waals surface area contributed by atoms with E-state index in [4.69, 9.17) is 9.47 Å². The van der Waals surface area contributed by atoms with Gasteiger partial charge in [0.05, 0.1) is 7.11 Å². The van der Waals surface area contributed by atoms with E-state index in [0.29, 0.717) is 12.5 Å². The third kappa shape index (κ3) is 6.75. The Morgan fingerprint density at radius 1 is 1.23 bits per heavy atom. The molecule has 0 aliphatic carbocycles. The van der Waals surface area contributed by atoms with Crippen molar-refractivity contribution in [3.05, 3.63) is 58.4 Å². The topological polar surface area (TPSA) is 93.3 Å². The first-order chi connectivity index (χ1) is 14.7. The summed E-state index contributed by atoms with van der Waals surface area (Å²) in [7, 11) is 1.58. The van der Waals surface area contributed by atoms with E-state index in [9.17, 15) is 14.9 Å². The Balaban J connectivity index is 1.95. The molecule has 7 nitrogen and oxygen atoms in total. The van der Waals surface area contributed by atoms with Gasteiger partial charge in [-0.05, 0) is 55.2 Å². The molecular formula is C24H29N3O4. The fourth-order valence-corrected chi connectivity index (χ4v) is 3.12. The van der Waals surface area contributed by atoms with Gasteiger partial charge in [0.15, 0.2) is 6.61 Å². The summed E-state index contributed by atoms with van der Waals surface area (Å²) in [6.07, 6.45) is 1.51. The number of methoxy groups -OCH3 is 1. The second-order valence-corrected chi connectivity index (χ2v) is 7.70. The number of carbonyl (C=O) groups excluding carboxylic acids is 2. The first kappa shape index (κ1) is 23.7. The molecule has 0 unspecified atom stereocenters. The van der Waals surface area contributed by atoms with E-state index < -0.39 is 18.5 Å². The highest BCUT2D eigenvalue weighted by Gasteiger charge is 2.16. The summed E-state index contributed by atoms with van der Waals surface area (Å²) >= 11 is 0. The number of amides is 1. The summed E-state index contributed by atoms with van der Waals surface area (Å²) in [4.78, 5) is 24.3. The van der Waals surface area contributed by atoms with Crippen LogP contribution in [-0.2, 0) is 27.4 Å². The van der Waals surface area contributed by atoms with Crippen molar-refractivity contribution in [2.45, 2.75) is 40.8 Å². The molecule has 2 aromatic rings. The average molecular weight is 424 g/mol. The summed E-state index contributed by atoms with van der Waals surface area (Å²) in [5.74, 6) is -0.0735. The van der Waals surface area contributed by atoms with Crippen LogP contribution in [0.1, 0.15) is 36.4 Å². The van der Waals surface area contributed by atoms with Crippen LogP contribution >= 0.6 is 0 Å². The molecule has 1 amide bonds. The van der Waals surface area contributed by atoms with Crippen LogP contribution in [0.25, 0.3) is 6.08 Å². The van der Waals surface area contributed by atoms with Crippen LogP contribution in [0.15, 0.2) is 35.9 Å². The third-order valence-electron chi connectivity index (χ3n) is 4.78. The summed E-state index contributed by atoms with van der Waals surface area (Å²) < 4.78 is 12.3. The van der Waals surface area contributed by atoms with Crippen LogP contribution in [-0.4, -0.2) is 30.2 Å². The summed E-state index contributed by atoms with van der Waals surface area (Å²) in [5, 5.41) is 12.1. The number of hydrogen-bond donors (Lipinski definition) is 1. The molecule has 0 atom stereocenters. The molecule has 0 saturated heterocycles. The van der Waals surface area contributed by atoms with Crippen molar-refractivity contribution in [1.82, 2.24) is 9.88 Å². The molecule has 164 valence electrons. The van der Waals surface area contributed by atoms with Crippen molar-refractivity contribution < 1.29 is 19.1 Å². The van der Waals surface area contributed by atoms with Gasteiger partial charge < -0.3 is 19.4 Å². The van der Waals surface area contributed by atoms with Gasteiger partial charge in [-0.3, -0.25) is 4.79 Å². The number of carbonyl (C=O) groups is 2. The van der Waals surface area contributed by atoms with Gasteiger partial charge in [-0.2, -0.15) is 5.26 Å². The van der Waals surface area contributed by atoms with Crippen LogP contribution in [0.3, 0.4) is 0 Å². The molecule has 1 aromatic carbocycles. The lowest BCUT2D eigenvalue weighted by atomic mass is 10.1. The Morgan fingerprint density at radius 2 is 1.90 bits per heavy atom. The van der Waals surface area contributed by atoms with Crippen molar-refractivity contribution in [2.75, 3.05) is 13.7 Å². The summed E-state index contributed by atoms with van der Waals surface area (Å²) in [6.45, 7) is 8.90. The molecule has 0 aliphatic heterocycles. The highest BCUT2D eigenvalue weighted by Crippen LogP contribution is 2.20. The summed E-state index contributed by atoms with van der Waals surface area (Å²) in [6, 6.07) is 11.1. The fourth-order valence-electron chi connectivity index (χ4n) is 3.12. The maximum absolute atomic E-state index is 12.3. The second-order valence-electron chi connectivity index (χ2n) is 7.70. The lowest BCUT2D eigenvalue weighted by molar-refractivity contribution is -0.144. The molecule has 0 radical (unpaired) electrons. The zero-order valence-electron chi connectivity index (χ0n) is 18.7. The molecule has 0 saturated carbocycles. The first-order valence-corrected chi connectivity index (χ1v) is 10.1. The van der Waals surface area contributed by atoms with Gasteiger partial charge in [-0.25, -0.2) is 4.79 Å². The van der Waals surface area contributed by atoms with Crippen molar-refractivity contribution in [3.63, 3.8) is 0 Å². The molecule has 2 rings (SSSR count). The zero-order chi connectivity index (χ0) is 23.0. The third-order valence-corrected chi connectivity index (χ3v) is 4.78. The molecular weight excluding hydrogens is 394 g/mol. The first-order valence-electron chi connectivity index (χ1n) is 10.1. The fraction of sp³-hybridized carbons (Fsp3) is 0.375. The molecule has 1 N–H and O–H groups in total. The Bertz CT molecular complexity index is 995. The average Bonchev–Trinajstić information content (AvgIpc) is 3.01. The maximum atomic E-state index is 12.3. The van der Waals surface area contributed by atoms with Crippen molar-refractivity contribution in [3.8, 4) is 11.8 Å². The van der Waals surface area contributed by atoms with Crippen LogP contribution in [0.5, 0.6) is 5.75 Å². The van der Waals surface area contributed by atoms with E-state index in [2.05, 4.69) is 23.7 Å². The Labute approximate surface area is 183 Å². The molecule has 31 heavy (non-hydrogen) atoms. The number of benzene rings is 1. The van der Waals surface area contributed by atoms with Gasteiger partial charge in [-0.1, -0.05) is 26.0 Å². The highest BCUT2D eigenvalue weighted by atomic mass is 16.5. The molecule has 0 aliphatic rings. The SMILES string of the molecule is COc1ccc(CNC(=O)COC(=O)/C(C#N)=C/c2cc(C)n(CC(C)C)c2C)cc1. The predicted molar refractivity (Wildman–Crippen MR) is 118 cm³/mol. The van der Waals surface area contributed by atoms with Gasteiger partial charge in [0, 0.05) is 24.5 Å². The Hall–Kier alpha value is -3.53. The summed E-state index contributed by atoms with van der Waals surface area (Å²) in [5.41, 5.74) is 3.56. The second kappa shape index (κ2) is 11.0. The van der Waals surface area contributed by atoms with Crippen molar-refractivity contribution in [1.29, 1.82) is 5.26 Å². The minimum atomic E-state index is -0.823. The minimum absolute atomic E-state index is 0.146. The number of ether oxygens (including phenoxy) is 2. The van der Waals surface area contributed by atoms with Crippen LogP contribution in [0, 0.1) is 31.1 Å². The lowest BCUT2D eigenvalue weighted by Crippen LogP contribution is -2.28. The molecule has 0 spiro atoms. The van der Waals surface area contributed by atoms with E-state index >= 15 is 0 Å². The normalized spacial score (nSPS) is 11.2. The number of aromatic nitrogens is 1. The zero-order valence-corrected chi connectivity index (χ0v) is 18.7. The molecule has 1 heterocycles.